The van der Waals surface area contributed by atoms with E-state index in [4.69, 9.17) is 19.9 Å². The molecule has 16 atom stereocenters. The number of rotatable bonds is 3. The summed E-state index contributed by atoms with van der Waals surface area (Å²) in [5.41, 5.74) is 6.77. The van der Waals surface area contributed by atoms with E-state index in [0.717, 1.165) is 51.4 Å². The average Bonchev–Trinajstić information content (AvgIpc) is 3.55. The van der Waals surface area contributed by atoms with Gasteiger partial charge in [-0.25, -0.2) is 0 Å². The van der Waals surface area contributed by atoms with Gasteiger partial charge in [0.2, 0.25) is 0 Å². The fraction of sp³-hybridized carbons (Fsp3) is 1.00. The summed E-state index contributed by atoms with van der Waals surface area (Å²) in [6.07, 6.45) is 1.85. The van der Waals surface area contributed by atoms with Crippen LogP contribution in [-0.2, 0) is 14.2 Å². The number of aliphatic hydroxyl groups is 5. The number of nitrogens with two attached hydrogens (primary N) is 1. The molecule has 5 aliphatic carbocycles. The topological polar surface area (TPSA) is 155 Å². The molecule has 0 aromatic carbocycles. The number of hydrogen-bond acceptors (Lipinski definition) is 9. The van der Waals surface area contributed by atoms with Gasteiger partial charge in [-0.15, -0.1) is 0 Å². The first kappa shape index (κ1) is 28.4. The van der Waals surface area contributed by atoms with Crippen LogP contribution in [0.2, 0.25) is 0 Å². The summed E-state index contributed by atoms with van der Waals surface area (Å²) in [5, 5.41) is 52.5. The molecule has 228 valence electrons. The molecule has 5 saturated carbocycles. The first-order valence-corrected chi connectivity index (χ1v) is 15.8. The summed E-state index contributed by atoms with van der Waals surface area (Å²) in [5.74, 6) is 1.18. The minimum absolute atomic E-state index is 0.0203. The van der Waals surface area contributed by atoms with E-state index in [1.54, 1.807) is 0 Å². The van der Waals surface area contributed by atoms with Crippen LogP contribution >= 0.6 is 0 Å². The van der Waals surface area contributed by atoms with Gasteiger partial charge in [-0.1, -0.05) is 27.7 Å². The zero-order valence-corrected chi connectivity index (χ0v) is 24.5. The third-order valence-electron chi connectivity index (χ3n) is 14.3. The van der Waals surface area contributed by atoms with Crippen LogP contribution in [0.4, 0.5) is 0 Å². The molecular formula is C31H51NO8. The molecular weight excluding hydrogens is 514 g/mol. The molecule has 7 rings (SSSR count). The van der Waals surface area contributed by atoms with E-state index in [-0.39, 0.29) is 65.0 Å². The molecule has 40 heavy (non-hydrogen) atoms. The summed E-state index contributed by atoms with van der Waals surface area (Å²) in [6, 6.07) is 0. The molecule has 0 aromatic heterocycles. The average molecular weight is 566 g/mol. The molecule has 9 nitrogen and oxygen atoms in total. The molecule has 7 N–H and O–H groups in total. The standard InChI is InChI=1S/C31H51NO8/c1-15-11-16(12-33)39-24-21(15)28(4)9-10-30-14-29(30)8-7-20(40-26-23(36)22(35)17(34)13-38-26)27(2,3)18(29)5-6-19(30)31(28,32)25(24)37/h15-26,33-37H,5-14,32H2,1-4H3. The van der Waals surface area contributed by atoms with Crippen LogP contribution in [0.3, 0.4) is 0 Å². The van der Waals surface area contributed by atoms with Crippen LogP contribution in [-0.4, -0.2) is 93.3 Å². The molecule has 2 saturated heterocycles. The maximum absolute atomic E-state index is 12.0. The molecule has 7 fully saturated rings. The van der Waals surface area contributed by atoms with E-state index in [1.165, 1.54) is 0 Å². The maximum atomic E-state index is 12.0. The lowest BCUT2D eigenvalue weighted by Crippen LogP contribution is -2.70. The van der Waals surface area contributed by atoms with E-state index in [2.05, 4.69) is 27.7 Å². The minimum atomic E-state index is -1.28. The van der Waals surface area contributed by atoms with Gasteiger partial charge in [0.05, 0.1) is 43.2 Å². The van der Waals surface area contributed by atoms with Crippen molar-refractivity contribution in [3.63, 3.8) is 0 Å². The van der Waals surface area contributed by atoms with Gasteiger partial charge in [-0.2, -0.15) is 0 Å². The smallest absolute Gasteiger partial charge is 0.186 e. The highest BCUT2D eigenvalue weighted by Gasteiger charge is 2.85. The highest BCUT2D eigenvalue weighted by atomic mass is 16.7. The maximum Gasteiger partial charge on any atom is 0.186 e. The second kappa shape index (κ2) is 8.85. The summed E-state index contributed by atoms with van der Waals surface area (Å²) >= 11 is 0. The van der Waals surface area contributed by atoms with Crippen molar-refractivity contribution in [3.8, 4) is 0 Å². The normalized spacial score (nSPS) is 62.0. The van der Waals surface area contributed by atoms with Crippen LogP contribution in [0, 0.1) is 45.3 Å². The van der Waals surface area contributed by atoms with Crippen LogP contribution < -0.4 is 5.73 Å². The van der Waals surface area contributed by atoms with E-state index in [1.807, 2.05) is 0 Å². The predicted molar refractivity (Wildman–Crippen MR) is 145 cm³/mol. The zero-order chi connectivity index (χ0) is 28.6. The fourth-order valence-corrected chi connectivity index (χ4v) is 12.4. The quantitative estimate of drug-likeness (QED) is 0.278. The van der Waals surface area contributed by atoms with Gasteiger partial charge in [0.25, 0.3) is 0 Å². The van der Waals surface area contributed by atoms with Gasteiger partial charge >= 0.3 is 0 Å². The Morgan fingerprint density at radius 3 is 2.35 bits per heavy atom. The van der Waals surface area contributed by atoms with Gasteiger partial charge in [0.1, 0.15) is 18.3 Å². The van der Waals surface area contributed by atoms with Crippen molar-refractivity contribution in [1.29, 1.82) is 0 Å². The molecule has 7 aliphatic rings. The number of fused-ring (bicyclic) bond motifs is 4. The van der Waals surface area contributed by atoms with Crippen LogP contribution in [0.15, 0.2) is 0 Å². The van der Waals surface area contributed by atoms with Crippen molar-refractivity contribution in [2.75, 3.05) is 13.2 Å². The van der Waals surface area contributed by atoms with Crippen molar-refractivity contribution in [3.05, 3.63) is 0 Å². The first-order valence-electron chi connectivity index (χ1n) is 15.8. The van der Waals surface area contributed by atoms with E-state index >= 15 is 0 Å². The van der Waals surface area contributed by atoms with Crippen LogP contribution in [0.1, 0.15) is 79.1 Å². The largest absolute Gasteiger partial charge is 0.394 e. The number of aliphatic hydroxyl groups excluding tert-OH is 5. The minimum Gasteiger partial charge on any atom is -0.394 e. The molecule has 2 aliphatic heterocycles. The summed E-state index contributed by atoms with van der Waals surface area (Å²) in [4.78, 5) is 0. The predicted octanol–water partition coefficient (Wildman–Crippen LogP) is 1.31. The van der Waals surface area contributed by atoms with E-state index < -0.39 is 36.2 Å². The second-order valence-electron chi connectivity index (χ2n) is 15.8. The highest BCUT2D eigenvalue weighted by Crippen LogP contribution is 2.87. The van der Waals surface area contributed by atoms with Gasteiger partial charge < -0.3 is 45.5 Å². The molecule has 2 heterocycles. The molecule has 2 spiro atoms. The lowest BCUT2D eigenvalue weighted by Gasteiger charge is -2.63. The Bertz CT molecular complexity index is 1030. The van der Waals surface area contributed by atoms with E-state index in [9.17, 15) is 25.5 Å². The second-order valence-corrected chi connectivity index (χ2v) is 15.8. The van der Waals surface area contributed by atoms with Crippen molar-refractivity contribution >= 4 is 0 Å². The molecule has 0 bridgehead atoms. The van der Waals surface area contributed by atoms with Crippen molar-refractivity contribution in [1.82, 2.24) is 0 Å². The van der Waals surface area contributed by atoms with Crippen LogP contribution in [0.25, 0.3) is 0 Å². The number of ether oxygens (including phenoxy) is 3. The lowest BCUT2D eigenvalue weighted by molar-refractivity contribution is -0.302. The zero-order valence-electron chi connectivity index (χ0n) is 24.5. The summed E-state index contributed by atoms with van der Waals surface area (Å²) in [6.45, 7) is 9.06. The molecule has 16 unspecified atom stereocenters. The Labute approximate surface area is 237 Å². The fourth-order valence-electron chi connectivity index (χ4n) is 12.4. The van der Waals surface area contributed by atoms with Gasteiger partial charge in [-0.05, 0) is 96.7 Å². The Morgan fingerprint density at radius 2 is 1.62 bits per heavy atom. The third kappa shape index (κ3) is 3.25. The Hall–Kier alpha value is -0.360. The molecule has 0 amide bonds. The Balaban J connectivity index is 1.16. The van der Waals surface area contributed by atoms with Crippen molar-refractivity contribution in [2.45, 2.75) is 134 Å². The number of hydrogen-bond donors (Lipinski definition) is 6. The monoisotopic (exact) mass is 565 g/mol. The highest BCUT2D eigenvalue weighted by molar-refractivity contribution is 5.35. The SMILES string of the molecule is CC1CC(CO)OC2C1C1(C)CCC34CC35CCC(OC3OCC(O)C(O)C3O)C(C)(C)C5CCC4C1(N)C2O. The Morgan fingerprint density at radius 1 is 0.925 bits per heavy atom. The molecule has 0 radical (unpaired) electrons. The Kier molecular flexibility index (Phi) is 6.29. The van der Waals surface area contributed by atoms with Crippen molar-refractivity contribution < 1.29 is 39.7 Å². The van der Waals surface area contributed by atoms with Gasteiger partial charge in [0.15, 0.2) is 6.29 Å². The molecule has 9 heteroatoms. The third-order valence-corrected chi connectivity index (χ3v) is 14.3. The summed E-state index contributed by atoms with van der Waals surface area (Å²) < 4.78 is 18.4. The van der Waals surface area contributed by atoms with Gasteiger partial charge in [-0.3, -0.25) is 0 Å². The first-order chi connectivity index (χ1) is 18.8. The molecule has 0 aromatic rings. The lowest BCUT2D eigenvalue weighted by atomic mass is 9.43. The van der Waals surface area contributed by atoms with Crippen molar-refractivity contribution in [2.24, 2.45) is 51.1 Å². The van der Waals surface area contributed by atoms with Crippen LogP contribution in [0.5, 0.6) is 0 Å². The van der Waals surface area contributed by atoms with Gasteiger partial charge in [0, 0.05) is 0 Å². The summed E-state index contributed by atoms with van der Waals surface area (Å²) in [7, 11) is 0. The van der Waals surface area contributed by atoms with E-state index in [0.29, 0.717) is 11.8 Å².